The third-order valence-corrected chi connectivity index (χ3v) is 2.78. The van der Waals surface area contributed by atoms with Gasteiger partial charge in [0, 0.05) is 25.7 Å². The van der Waals surface area contributed by atoms with Gasteiger partial charge in [0.2, 0.25) is 5.91 Å². The predicted octanol–water partition coefficient (Wildman–Crippen LogP) is 1.29. The SMILES string of the molecule is CCNC(=NCCN(C)CC(F)(F)F)N(C)CC(=O)NC(C)(C)C. The maximum atomic E-state index is 12.3. The minimum atomic E-state index is -4.22. The number of nitrogens with zero attached hydrogens (tertiary/aromatic N) is 3. The van der Waals surface area contributed by atoms with E-state index in [1.54, 1.807) is 11.9 Å². The molecule has 0 aromatic rings. The molecule has 0 radical (unpaired) electrons. The van der Waals surface area contributed by atoms with Crippen LogP contribution in [0, 0.1) is 0 Å². The lowest BCUT2D eigenvalue weighted by atomic mass is 10.1. The molecule has 0 rings (SSSR count). The van der Waals surface area contributed by atoms with Crippen LogP contribution in [-0.2, 0) is 4.79 Å². The second-order valence-electron chi connectivity index (χ2n) is 6.74. The Bertz CT molecular complexity index is 418. The van der Waals surface area contributed by atoms with Crippen LogP contribution in [0.4, 0.5) is 13.2 Å². The van der Waals surface area contributed by atoms with E-state index in [2.05, 4.69) is 15.6 Å². The summed E-state index contributed by atoms with van der Waals surface area (Å²) in [7, 11) is 3.11. The molecule has 2 N–H and O–H groups in total. The topological polar surface area (TPSA) is 60.0 Å². The van der Waals surface area contributed by atoms with E-state index in [9.17, 15) is 18.0 Å². The predicted molar refractivity (Wildman–Crippen MR) is 90.1 cm³/mol. The zero-order chi connectivity index (χ0) is 19.0. The number of carbonyl (C=O) groups excluding carboxylic acids is 1. The minimum Gasteiger partial charge on any atom is -0.357 e. The molecular weight excluding hydrogens is 323 g/mol. The Labute approximate surface area is 142 Å². The van der Waals surface area contributed by atoms with Crippen LogP contribution in [0.2, 0.25) is 0 Å². The second kappa shape index (κ2) is 9.71. The molecule has 0 heterocycles. The highest BCUT2D eigenvalue weighted by Gasteiger charge is 2.28. The van der Waals surface area contributed by atoms with Gasteiger partial charge in [-0.2, -0.15) is 13.2 Å². The molecule has 0 unspecified atom stereocenters. The molecule has 0 aromatic heterocycles. The van der Waals surface area contributed by atoms with Gasteiger partial charge < -0.3 is 15.5 Å². The Kier molecular flexibility index (Phi) is 9.09. The van der Waals surface area contributed by atoms with E-state index >= 15 is 0 Å². The van der Waals surface area contributed by atoms with Gasteiger partial charge in [-0.05, 0) is 34.7 Å². The lowest BCUT2D eigenvalue weighted by Gasteiger charge is -2.25. The summed E-state index contributed by atoms with van der Waals surface area (Å²) >= 11 is 0. The van der Waals surface area contributed by atoms with E-state index in [1.165, 1.54) is 11.9 Å². The molecule has 0 atom stereocenters. The van der Waals surface area contributed by atoms with Gasteiger partial charge in [0.15, 0.2) is 5.96 Å². The van der Waals surface area contributed by atoms with E-state index in [4.69, 9.17) is 0 Å². The maximum absolute atomic E-state index is 12.3. The van der Waals surface area contributed by atoms with E-state index in [0.717, 1.165) is 0 Å². The quantitative estimate of drug-likeness (QED) is 0.535. The maximum Gasteiger partial charge on any atom is 0.401 e. The van der Waals surface area contributed by atoms with Crippen molar-refractivity contribution in [2.45, 2.75) is 39.4 Å². The summed E-state index contributed by atoms with van der Waals surface area (Å²) in [5, 5.41) is 5.88. The van der Waals surface area contributed by atoms with E-state index in [0.29, 0.717) is 12.5 Å². The highest BCUT2D eigenvalue weighted by atomic mass is 19.4. The van der Waals surface area contributed by atoms with Crippen molar-refractivity contribution in [1.82, 2.24) is 20.4 Å². The van der Waals surface area contributed by atoms with Crippen LogP contribution >= 0.6 is 0 Å². The number of amides is 1. The molecular formula is C15H30F3N5O. The van der Waals surface area contributed by atoms with E-state index in [1.807, 2.05) is 27.7 Å². The standard InChI is InChI=1S/C15H30F3N5O/c1-7-19-13(20-8-9-22(5)11-15(16,17)18)23(6)10-12(24)21-14(2,3)4/h7-11H2,1-6H3,(H,19,20)(H,21,24). The molecule has 0 bridgehead atoms. The Morgan fingerprint density at radius 1 is 1.17 bits per heavy atom. The van der Waals surface area contributed by atoms with Crippen molar-refractivity contribution in [3.63, 3.8) is 0 Å². The van der Waals surface area contributed by atoms with Crippen molar-refractivity contribution in [1.29, 1.82) is 0 Å². The highest BCUT2D eigenvalue weighted by Crippen LogP contribution is 2.15. The number of alkyl halides is 3. The number of guanidine groups is 1. The average Bonchev–Trinajstić information content (AvgIpc) is 2.32. The van der Waals surface area contributed by atoms with E-state index < -0.39 is 12.7 Å². The Balaban J connectivity index is 4.57. The third-order valence-electron chi connectivity index (χ3n) is 2.78. The third kappa shape index (κ3) is 12.0. The lowest BCUT2D eigenvalue weighted by Crippen LogP contribution is -2.49. The van der Waals surface area contributed by atoms with Crippen molar-refractivity contribution in [3.05, 3.63) is 0 Å². The fourth-order valence-corrected chi connectivity index (χ4v) is 1.93. The Morgan fingerprint density at radius 3 is 2.21 bits per heavy atom. The number of likely N-dealkylation sites (N-methyl/N-ethyl adjacent to an activating group) is 2. The Hall–Kier alpha value is -1.51. The average molecular weight is 353 g/mol. The fraction of sp³-hybridized carbons (Fsp3) is 0.867. The zero-order valence-electron chi connectivity index (χ0n) is 15.4. The van der Waals surface area contributed by atoms with Crippen LogP contribution in [0.25, 0.3) is 0 Å². The van der Waals surface area contributed by atoms with Gasteiger partial charge in [-0.25, -0.2) is 0 Å². The van der Waals surface area contributed by atoms with Crippen LogP contribution in [0.1, 0.15) is 27.7 Å². The summed E-state index contributed by atoms with van der Waals surface area (Å²) in [6.45, 7) is 7.68. The molecule has 9 heteroatoms. The summed E-state index contributed by atoms with van der Waals surface area (Å²) in [5.74, 6) is 0.340. The van der Waals surface area contributed by atoms with Gasteiger partial charge in [0.1, 0.15) is 0 Å². The minimum absolute atomic E-state index is 0.113. The van der Waals surface area contributed by atoms with Crippen molar-refractivity contribution >= 4 is 11.9 Å². The van der Waals surface area contributed by atoms with Crippen molar-refractivity contribution < 1.29 is 18.0 Å². The van der Waals surface area contributed by atoms with E-state index in [-0.39, 0.29) is 31.1 Å². The normalized spacial score (nSPS) is 13.2. The van der Waals surface area contributed by atoms with Crippen molar-refractivity contribution in [2.24, 2.45) is 4.99 Å². The molecule has 0 aliphatic rings. The number of halogens is 3. The molecule has 0 aliphatic carbocycles. The largest absolute Gasteiger partial charge is 0.401 e. The second-order valence-corrected chi connectivity index (χ2v) is 6.74. The first-order valence-electron chi connectivity index (χ1n) is 7.90. The van der Waals surface area contributed by atoms with Crippen LogP contribution in [0.5, 0.6) is 0 Å². The summed E-state index contributed by atoms with van der Waals surface area (Å²) in [5.41, 5.74) is -0.326. The molecule has 142 valence electrons. The summed E-state index contributed by atoms with van der Waals surface area (Å²) < 4.78 is 36.8. The molecule has 1 amide bonds. The van der Waals surface area contributed by atoms with Gasteiger partial charge in [-0.3, -0.25) is 14.7 Å². The molecule has 6 nitrogen and oxygen atoms in total. The first-order chi connectivity index (χ1) is 10.8. The molecule has 0 aromatic carbocycles. The van der Waals surface area contributed by atoms with Crippen LogP contribution in [0.3, 0.4) is 0 Å². The highest BCUT2D eigenvalue weighted by molar-refractivity contribution is 5.86. The van der Waals surface area contributed by atoms with Gasteiger partial charge in [-0.15, -0.1) is 0 Å². The fourth-order valence-electron chi connectivity index (χ4n) is 1.93. The summed E-state index contributed by atoms with van der Waals surface area (Å²) in [4.78, 5) is 19.0. The zero-order valence-corrected chi connectivity index (χ0v) is 15.4. The molecule has 0 saturated carbocycles. The molecule has 0 fully saturated rings. The number of hydrogen-bond donors (Lipinski definition) is 2. The molecule has 24 heavy (non-hydrogen) atoms. The Morgan fingerprint density at radius 2 is 1.75 bits per heavy atom. The lowest BCUT2D eigenvalue weighted by molar-refractivity contribution is -0.142. The smallest absolute Gasteiger partial charge is 0.357 e. The number of aliphatic imine (C=N–C) groups is 1. The number of hydrogen-bond acceptors (Lipinski definition) is 3. The van der Waals surface area contributed by atoms with Gasteiger partial charge in [0.25, 0.3) is 0 Å². The first-order valence-corrected chi connectivity index (χ1v) is 7.90. The van der Waals surface area contributed by atoms with Crippen LogP contribution in [-0.4, -0.2) is 80.2 Å². The summed E-state index contributed by atoms with van der Waals surface area (Å²) in [6, 6.07) is 0. The number of rotatable bonds is 7. The van der Waals surface area contributed by atoms with Gasteiger partial charge in [-0.1, -0.05) is 0 Å². The molecule has 0 saturated heterocycles. The number of carbonyl (C=O) groups is 1. The van der Waals surface area contributed by atoms with Crippen molar-refractivity contribution in [3.8, 4) is 0 Å². The van der Waals surface area contributed by atoms with Gasteiger partial charge in [0.05, 0.1) is 19.6 Å². The molecule has 0 spiro atoms. The van der Waals surface area contributed by atoms with Crippen LogP contribution < -0.4 is 10.6 Å². The van der Waals surface area contributed by atoms with Crippen LogP contribution in [0.15, 0.2) is 4.99 Å². The monoisotopic (exact) mass is 353 g/mol. The first kappa shape index (κ1) is 22.5. The summed E-state index contributed by atoms with van der Waals surface area (Å²) in [6.07, 6.45) is -4.22. The number of nitrogens with one attached hydrogen (secondary N) is 2. The molecule has 0 aliphatic heterocycles. The van der Waals surface area contributed by atoms with Gasteiger partial charge >= 0.3 is 6.18 Å². The van der Waals surface area contributed by atoms with Crippen molar-refractivity contribution in [2.75, 3.05) is 46.8 Å².